The van der Waals surface area contributed by atoms with Crippen LogP contribution in [0.3, 0.4) is 0 Å². The minimum atomic E-state index is -0.583. The van der Waals surface area contributed by atoms with Gasteiger partial charge in [-0.25, -0.2) is 0 Å². The van der Waals surface area contributed by atoms with E-state index in [1.165, 1.54) is 5.56 Å². The highest BCUT2D eigenvalue weighted by atomic mass is 16.5. The second kappa shape index (κ2) is 9.78. The van der Waals surface area contributed by atoms with Crippen LogP contribution in [0.2, 0.25) is 0 Å². The summed E-state index contributed by atoms with van der Waals surface area (Å²) in [6.07, 6.45) is -0.0205. The van der Waals surface area contributed by atoms with E-state index in [1.807, 2.05) is 61.5 Å². The first kappa shape index (κ1) is 20.5. The lowest BCUT2D eigenvalue weighted by Gasteiger charge is -2.24. The molecule has 3 rings (SSSR count). The van der Waals surface area contributed by atoms with E-state index < -0.39 is 6.10 Å². The fourth-order valence-electron chi connectivity index (χ4n) is 3.14. The maximum absolute atomic E-state index is 13.1. The van der Waals surface area contributed by atoms with Crippen molar-refractivity contribution in [2.75, 3.05) is 7.11 Å². The van der Waals surface area contributed by atoms with Crippen LogP contribution in [0.4, 0.5) is 0 Å². The van der Waals surface area contributed by atoms with Gasteiger partial charge >= 0.3 is 0 Å². The van der Waals surface area contributed by atoms with Crippen LogP contribution in [-0.2, 0) is 4.79 Å². The molecule has 0 heterocycles. The molecule has 0 fully saturated rings. The van der Waals surface area contributed by atoms with Crippen molar-refractivity contribution in [2.24, 2.45) is 0 Å². The number of nitrogens with one attached hydrogen (secondary N) is 1. The number of methoxy groups -OCH3 is 1. The topological polar surface area (TPSA) is 47.6 Å². The normalized spacial score (nSPS) is 12.7. The number of aryl methyl sites for hydroxylation is 1. The molecule has 0 saturated heterocycles. The molecule has 1 N–H and O–H groups in total. The van der Waals surface area contributed by atoms with Crippen molar-refractivity contribution in [1.82, 2.24) is 5.32 Å². The maximum atomic E-state index is 13.1. The van der Waals surface area contributed by atoms with Crippen LogP contribution in [-0.4, -0.2) is 19.1 Å². The Balaban J connectivity index is 1.79. The predicted octanol–water partition coefficient (Wildman–Crippen LogP) is 5.07. The van der Waals surface area contributed by atoms with E-state index in [0.29, 0.717) is 12.2 Å². The molecule has 2 atom stereocenters. The average Bonchev–Trinajstić information content (AvgIpc) is 2.77. The van der Waals surface area contributed by atoms with Gasteiger partial charge in [-0.05, 0) is 48.7 Å². The smallest absolute Gasteiger partial charge is 0.261 e. The molecular weight excluding hydrogens is 362 g/mol. The third kappa shape index (κ3) is 5.38. The first-order chi connectivity index (χ1) is 14.1. The highest BCUT2D eigenvalue weighted by Gasteiger charge is 2.23. The molecular formula is C25H27NO3. The number of carbonyl (C=O) groups is 1. The molecule has 0 radical (unpaired) electrons. The monoisotopic (exact) mass is 389 g/mol. The van der Waals surface area contributed by atoms with E-state index in [1.54, 1.807) is 7.11 Å². The summed E-state index contributed by atoms with van der Waals surface area (Å²) in [6, 6.07) is 25.2. The van der Waals surface area contributed by atoms with Gasteiger partial charge < -0.3 is 14.8 Å². The van der Waals surface area contributed by atoms with Crippen molar-refractivity contribution in [3.8, 4) is 11.5 Å². The highest BCUT2D eigenvalue weighted by Crippen LogP contribution is 2.24. The van der Waals surface area contributed by atoms with E-state index in [-0.39, 0.29) is 11.9 Å². The molecule has 0 unspecified atom stereocenters. The van der Waals surface area contributed by atoms with Gasteiger partial charge in [0.05, 0.1) is 13.2 Å². The summed E-state index contributed by atoms with van der Waals surface area (Å²) in [5.74, 6) is 1.25. The van der Waals surface area contributed by atoms with Crippen LogP contribution in [0.5, 0.6) is 11.5 Å². The fraction of sp³-hybridized carbons (Fsp3) is 0.240. The van der Waals surface area contributed by atoms with E-state index in [0.717, 1.165) is 16.9 Å². The number of hydrogen-bond donors (Lipinski definition) is 1. The zero-order chi connectivity index (χ0) is 20.6. The van der Waals surface area contributed by atoms with Crippen molar-refractivity contribution in [3.05, 3.63) is 95.6 Å². The van der Waals surface area contributed by atoms with Crippen LogP contribution in [0.25, 0.3) is 0 Å². The molecule has 0 aliphatic rings. The third-order valence-corrected chi connectivity index (χ3v) is 4.83. The van der Waals surface area contributed by atoms with Crippen molar-refractivity contribution in [2.45, 2.75) is 32.4 Å². The fourth-order valence-corrected chi connectivity index (χ4v) is 3.14. The van der Waals surface area contributed by atoms with Crippen molar-refractivity contribution >= 4 is 5.91 Å². The standard InChI is InChI=1S/C25H27NO3/c1-4-23(29-22-16-14-21(28-3)15-17-22)25(27)26-24(19-8-6-5-7-9-19)20-12-10-18(2)11-13-20/h5-17,23-24H,4H2,1-3H3,(H,26,27)/t23-,24-/m0/s1. The summed E-state index contributed by atoms with van der Waals surface area (Å²) in [4.78, 5) is 13.1. The van der Waals surface area contributed by atoms with Gasteiger partial charge in [0.2, 0.25) is 0 Å². The largest absolute Gasteiger partial charge is 0.497 e. The molecule has 0 bridgehead atoms. The Morgan fingerprint density at radius 3 is 2.03 bits per heavy atom. The van der Waals surface area contributed by atoms with Gasteiger partial charge in [0, 0.05) is 0 Å². The van der Waals surface area contributed by atoms with Crippen molar-refractivity contribution in [3.63, 3.8) is 0 Å². The lowest BCUT2D eigenvalue weighted by Crippen LogP contribution is -2.40. The average molecular weight is 389 g/mol. The Morgan fingerprint density at radius 1 is 0.862 bits per heavy atom. The summed E-state index contributed by atoms with van der Waals surface area (Å²) in [6.45, 7) is 3.99. The number of carbonyl (C=O) groups excluding carboxylic acids is 1. The molecule has 4 nitrogen and oxygen atoms in total. The molecule has 4 heteroatoms. The Labute approximate surface area is 172 Å². The lowest BCUT2D eigenvalue weighted by molar-refractivity contribution is -0.128. The summed E-state index contributed by atoms with van der Waals surface area (Å²) in [7, 11) is 1.62. The van der Waals surface area contributed by atoms with Crippen LogP contribution in [0.1, 0.15) is 36.1 Å². The summed E-state index contributed by atoms with van der Waals surface area (Å²) < 4.78 is 11.1. The minimum Gasteiger partial charge on any atom is -0.497 e. The van der Waals surface area contributed by atoms with Gasteiger partial charge in [0.1, 0.15) is 11.5 Å². The summed E-state index contributed by atoms with van der Waals surface area (Å²) in [5.41, 5.74) is 3.25. The second-order valence-electron chi connectivity index (χ2n) is 6.95. The van der Waals surface area contributed by atoms with E-state index in [2.05, 4.69) is 36.5 Å². The highest BCUT2D eigenvalue weighted by molar-refractivity contribution is 5.82. The molecule has 3 aromatic carbocycles. The Hall–Kier alpha value is -3.27. The van der Waals surface area contributed by atoms with Gasteiger partial charge in [-0.15, -0.1) is 0 Å². The molecule has 0 aliphatic carbocycles. The quantitative estimate of drug-likeness (QED) is 0.585. The van der Waals surface area contributed by atoms with Crippen LogP contribution < -0.4 is 14.8 Å². The number of rotatable bonds is 8. The molecule has 1 amide bonds. The number of amides is 1. The van der Waals surface area contributed by atoms with Crippen LogP contribution >= 0.6 is 0 Å². The van der Waals surface area contributed by atoms with Crippen molar-refractivity contribution in [1.29, 1.82) is 0 Å². The first-order valence-corrected chi connectivity index (χ1v) is 9.83. The lowest BCUT2D eigenvalue weighted by atomic mass is 9.97. The molecule has 0 saturated carbocycles. The first-order valence-electron chi connectivity index (χ1n) is 9.83. The van der Waals surface area contributed by atoms with Gasteiger partial charge in [-0.3, -0.25) is 4.79 Å². The maximum Gasteiger partial charge on any atom is 0.261 e. The van der Waals surface area contributed by atoms with E-state index in [4.69, 9.17) is 9.47 Å². The second-order valence-corrected chi connectivity index (χ2v) is 6.95. The number of ether oxygens (including phenoxy) is 2. The van der Waals surface area contributed by atoms with Gasteiger partial charge in [-0.1, -0.05) is 67.1 Å². The Kier molecular flexibility index (Phi) is 6.90. The van der Waals surface area contributed by atoms with Crippen LogP contribution in [0.15, 0.2) is 78.9 Å². The van der Waals surface area contributed by atoms with Crippen LogP contribution in [0, 0.1) is 6.92 Å². The predicted molar refractivity (Wildman–Crippen MR) is 115 cm³/mol. The summed E-state index contributed by atoms with van der Waals surface area (Å²) >= 11 is 0. The van der Waals surface area contributed by atoms with E-state index in [9.17, 15) is 4.79 Å². The number of hydrogen-bond acceptors (Lipinski definition) is 3. The number of benzene rings is 3. The molecule has 0 spiro atoms. The molecule has 3 aromatic rings. The summed E-state index contributed by atoms with van der Waals surface area (Å²) in [5, 5.41) is 3.17. The molecule has 0 aromatic heterocycles. The molecule has 0 aliphatic heterocycles. The zero-order valence-corrected chi connectivity index (χ0v) is 17.1. The SMILES string of the molecule is CC[C@H](Oc1ccc(OC)cc1)C(=O)N[C@@H](c1ccccc1)c1ccc(C)cc1. The van der Waals surface area contributed by atoms with Gasteiger partial charge in [-0.2, -0.15) is 0 Å². The minimum absolute atomic E-state index is 0.141. The van der Waals surface area contributed by atoms with Crippen molar-refractivity contribution < 1.29 is 14.3 Å². The zero-order valence-electron chi connectivity index (χ0n) is 17.1. The van der Waals surface area contributed by atoms with Gasteiger partial charge in [0.25, 0.3) is 5.91 Å². The molecule has 29 heavy (non-hydrogen) atoms. The van der Waals surface area contributed by atoms with E-state index >= 15 is 0 Å². The van der Waals surface area contributed by atoms with Gasteiger partial charge in [0.15, 0.2) is 6.10 Å². The Morgan fingerprint density at radius 2 is 1.45 bits per heavy atom. The third-order valence-electron chi connectivity index (χ3n) is 4.83. The Bertz CT molecular complexity index is 905. The molecule has 150 valence electrons.